The number of aliphatic hydroxyl groups is 1. The van der Waals surface area contributed by atoms with Gasteiger partial charge in [0.2, 0.25) is 5.91 Å². The van der Waals surface area contributed by atoms with Crippen LogP contribution in [0, 0.1) is 0 Å². The fraction of sp³-hybridized carbons (Fsp3) is 0.400. The van der Waals surface area contributed by atoms with Crippen LogP contribution >= 0.6 is 0 Å². The van der Waals surface area contributed by atoms with Gasteiger partial charge >= 0.3 is 0 Å². The van der Waals surface area contributed by atoms with E-state index in [-0.39, 0.29) is 11.9 Å². The van der Waals surface area contributed by atoms with Gasteiger partial charge in [-0.3, -0.25) is 4.79 Å². The summed E-state index contributed by atoms with van der Waals surface area (Å²) in [5.74, 6) is 0.473. The molecule has 3 aliphatic rings. The van der Waals surface area contributed by atoms with Crippen molar-refractivity contribution in [1.29, 1.82) is 0 Å². The van der Waals surface area contributed by atoms with Crippen molar-refractivity contribution in [2.45, 2.75) is 57.4 Å². The van der Waals surface area contributed by atoms with E-state index in [1.807, 2.05) is 12.1 Å². The molecular formula is C25H28N2O2. The zero-order chi connectivity index (χ0) is 19.8. The van der Waals surface area contributed by atoms with Crippen LogP contribution in [0.15, 0.2) is 42.2 Å². The predicted molar refractivity (Wildman–Crippen MR) is 116 cm³/mol. The van der Waals surface area contributed by atoms with Crippen LogP contribution in [0.1, 0.15) is 59.9 Å². The van der Waals surface area contributed by atoms with Crippen molar-refractivity contribution < 1.29 is 9.90 Å². The number of anilines is 1. The minimum Gasteiger partial charge on any atom is -0.512 e. The maximum absolute atomic E-state index is 12.9. The van der Waals surface area contributed by atoms with Crippen molar-refractivity contribution in [3.8, 4) is 0 Å². The highest BCUT2D eigenvalue weighted by molar-refractivity contribution is 6.00. The quantitative estimate of drug-likeness (QED) is 0.724. The lowest BCUT2D eigenvalue weighted by Crippen LogP contribution is -2.35. The summed E-state index contributed by atoms with van der Waals surface area (Å²) in [5.41, 5.74) is 7.81. The predicted octanol–water partition coefficient (Wildman–Crippen LogP) is 4.52. The molecule has 2 aromatic carbocycles. The molecule has 0 radical (unpaired) electrons. The molecule has 1 saturated heterocycles. The second kappa shape index (κ2) is 7.68. The molecule has 1 aliphatic heterocycles. The third-order valence-electron chi connectivity index (χ3n) is 6.62. The Labute approximate surface area is 172 Å². The lowest BCUT2D eigenvalue weighted by atomic mass is 9.79. The molecule has 150 valence electrons. The molecule has 1 atom stereocenters. The molecule has 29 heavy (non-hydrogen) atoms. The molecule has 2 aliphatic carbocycles. The van der Waals surface area contributed by atoms with E-state index >= 15 is 0 Å². The monoisotopic (exact) mass is 388 g/mol. The molecule has 5 rings (SSSR count). The Bertz CT molecular complexity index is 986. The van der Waals surface area contributed by atoms with Crippen LogP contribution in [0.5, 0.6) is 0 Å². The Morgan fingerprint density at radius 2 is 1.83 bits per heavy atom. The van der Waals surface area contributed by atoms with Crippen molar-refractivity contribution in [3.63, 3.8) is 0 Å². The van der Waals surface area contributed by atoms with Crippen LogP contribution < -0.4 is 10.6 Å². The minimum atomic E-state index is -0.125. The van der Waals surface area contributed by atoms with E-state index in [0.29, 0.717) is 12.2 Å². The molecule has 4 nitrogen and oxygen atoms in total. The SMILES string of the molecule is O=C(Nc1ccc2c(c1C1=C(O)CCc3ccccc31)CCCC2)[C@@H]1CCCN1. The number of hydrogen-bond acceptors (Lipinski definition) is 3. The van der Waals surface area contributed by atoms with Crippen LogP contribution in [-0.4, -0.2) is 23.6 Å². The van der Waals surface area contributed by atoms with Crippen molar-refractivity contribution >= 4 is 17.2 Å². The third-order valence-corrected chi connectivity index (χ3v) is 6.62. The van der Waals surface area contributed by atoms with E-state index in [9.17, 15) is 9.90 Å². The number of benzene rings is 2. The zero-order valence-corrected chi connectivity index (χ0v) is 16.8. The molecule has 0 unspecified atom stereocenters. The van der Waals surface area contributed by atoms with Gasteiger partial charge in [-0.1, -0.05) is 30.3 Å². The van der Waals surface area contributed by atoms with Gasteiger partial charge in [-0.25, -0.2) is 0 Å². The summed E-state index contributed by atoms with van der Waals surface area (Å²) >= 11 is 0. The fourth-order valence-corrected chi connectivity index (χ4v) is 5.14. The summed E-state index contributed by atoms with van der Waals surface area (Å²) < 4.78 is 0. The molecule has 1 amide bonds. The van der Waals surface area contributed by atoms with Crippen molar-refractivity contribution in [2.24, 2.45) is 0 Å². The average molecular weight is 389 g/mol. The van der Waals surface area contributed by atoms with Gasteiger partial charge in [0.05, 0.1) is 6.04 Å². The number of carbonyl (C=O) groups excluding carboxylic acids is 1. The highest BCUT2D eigenvalue weighted by Gasteiger charge is 2.29. The number of carbonyl (C=O) groups is 1. The summed E-state index contributed by atoms with van der Waals surface area (Å²) in [6, 6.07) is 12.4. The normalized spacial score (nSPS) is 20.9. The van der Waals surface area contributed by atoms with Gasteiger partial charge in [-0.05, 0) is 79.8 Å². The van der Waals surface area contributed by atoms with Gasteiger partial charge in [-0.2, -0.15) is 0 Å². The van der Waals surface area contributed by atoms with E-state index in [0.717, 1.165) is 67.5 Å². The lowest BCUT2D eigenvalue weighted by molar-refractivity contribution is -0.117. The highest BCUT2D eigenvalue weighted by Crippen LogP contribution is 2.42. The number of nitrogens with one attached hydrogen (secondary N) is 2. The van der Waals surface area contributed by atoms with E-state index in [1.54, 1.807) is 0 Å². The third kappa shape index (κ3) is 3.36. The van der Waals surface area contributed by atoms with Crippen LogP contribution in [0.3, 0.4) is 0 Å². The maximum Gasteiger partial charge on any atom is 0.241 e. The molecule has 0 spiro atoms. The molecule has 3 N–H and O–H groups in total. The van der Waals surface area contributed by atoms with E-state index < -0.39 is 0 Å². The standard InChI is InChI=1S/C25H28N2O2/c28-22-14-12-17-7-2-4-9-19(17)24(22)23-18-8-3-1-6-16(18)11-13-20(23)27-25(29)21-10-5-15-26-21/h2,4,7,9,11,13,21,26,28H,1,3,5-6,8,10,12,14-15H2,(H,27,29)/t21-/m0/s1. The molecule has 4 heteroatoms. The van der Waals surface area contributed by atoms with Crippen LogP contribution in [0.25, 0.3) is 5.57 Å². The topological polar surface area (TPSA) is 61.4 Å². The Morgan fingerprint density at radius 1 is 0.966 bits per heavy atom. The van der Waals surface area contributed by atoms with Crippen LogP contribution in [-0.2, 0) is 24.1 Å². The molecular weight excluding hydrogens is 360 g/mol. The van der Waals surface area contributed by atoms with Gasteiger partial charge in [-0.15, -0.1) is 0 Å². The Balaban J connectivity index is 1.65. The van der Waals surface area contributed by atoms with Crippen LogP contribution in [0.2, 0.25) is 0 Å². The first kappa shape index (κ1) is 18.4. The van der Waals surface area contributed by atoms with Gasteiger partial charge in [0, 0.05) is 23.2 Å². The Kier molecular flexibility index (Phi) is 4.88. The molecule has 0 bridgehead atoms. The number of aryl methyl sites for hydroxylation is 2. The zero-order valence-electron chi connectivity index (χ0n) is 16.8. The summed E-state index contributed by atoms with van der Waals surface area (Å²) in [7, 11) is 0. The first-order chi connectivity index (χ1) is 14.2. The average Bonchev–Trinajstić information content (AvgIpc) is 3.29. The summed E-state index contributed by atoms with van der Waals surface area (Å²) in [5, 5.41) is 17.5. The molecule has 0 saturated carbocycles. The van der Waals surface area contributed by atoms with Gasteiger partial charge in [0.1, 0.15) is 5.76 Å². The van der Waals surface area contributed by atoms with Gasteiger partial charge in [0.15, 0.2) is 0 Å². The molecule has 1 heterocycles. The number of allylic oxidation sites excluding steroid dienone is 1. The van der Waals surface area contributed by atoms with Crippen molar-refractivity contribution in [1.82, 2.24) is 5.32 Å². The highest BCUT2D eigenvalue weighted by atomic mass is 16.3. The lowest BCUT2D eigenvalue weighted by Gasteiger charge is -2.28. The first-order valence-electron chi connectivity index (χ1n) is 10.9. The second-order valence-corrected chi connectivity index (χ2v) is 8.45. The summed E-state index contributed by atoms with van der Waals surface area (Å²) in [4.78, 5) is 12.9. The first-order valence-corrected chi connectivity index (χ1v) is 10.9. The Hall–Kier alpha value is -2.59. The molecule has 1 fully saturated rings. The fourth-order valence-electron chi connectivity index (χ4n) is 5.14. The van der Waals surface area contributed by atoms with E-state index in [4.69, 9.17) is 0 Å². The number of aliphatic hydroxyl groups excluding tert-OH is 1. The minimum absolute atomic E-state index is 0.0312. The smallest absolute Gasteiger partial charge is 0.241 e. The number of amides is 1. The second-order valence-electron chi connectivity index (χ2n) is 8.45. The number of rotatable bonds is 3. The van der Waals surface area contributed by atoms with Crippen molar-refractivity contribution in [3.05, 3.63) is 70.0 Å². The van der Waals surface area contributed by atoms with Gasteiger partial charge < -0.3 is 15.7 Å². The molecule has 2 aromatic rings. The number of fused-ring (bicyclic) bond motifs is 2. The number of hydrogen-bond donors (Lipinski definition) is 3. The van der Waals surface area contributed by atoms with E-state index in [2.05, 4.69) is 34.9 Å². The Morgan fingerprint density at radius 3 is 2.69 bits per heavy atom. The summed E-state index contributed by atoms with van der Waals surface area (Å²) in [6.07, 6.45) is 7.83. The molecule has 0 aromatic heterocycles. The maximum atomic E-state index is 12.9. The van der Waals surface area contributed by atoms with Gasteiger partial charge in [0.25, 0.3) is 0 Å². The summed E-state index contributed by atoms with van der Waals surface area (Å²) in [6.45, 7) is 0.897. The van der Waals surface area contributed by atoms with Crippen LogP contribution in [0.4, 0.5) is 5.69 Å². The van der Waals surface area contributed by atoms with Crippen molar-refractivity contribution in [2.75, 3.05) is 11.9 Å². The van der Waals surface area contributed by atoms with E-state index in [1.165, 1.54) is 23.1 Å². The largest absolute Gasteiger partial charge is 0.512 e.